The molecule has 1 aromatic carbocycles. The number of phenols is 1. The van der Waals surface area contributed by atoms with Gasteiger partial charge < -0.3 is 9.84 Å². The number of aromatic hydroxyl groups is 1. The van der Waals surface area contributed by atoms with E-state index in [9.17, 15) is 5.11 Å². The number of phenolic OH excluding ortho intramolecular Hbond substituents is 1. The highest BCUT2D eigenvalue weighted by Gasteiger charge is 2.58. The molecule has 2 nitrogen and oxygen atoms in total. The number of rotatable bonds is 0. The molecule has 120 valence electrons. The zero-order chi connectivity index (χ0) is 15.5. The van der Waals surface area contributed by atoms with Gasteiger partial charge in [0.25, 0.3) is 0 Å². The second-order valence-electron chi connectivity index (χ2n) is 8.48. The summed E-state index contributed by atoms with van der Waals surface area (Å²) in [6.07, 6.45) is 7.61. The van der Waals surface area contributed by atoms with Gasteiger partial charge in [0.05, 0.1) is 0 Å². The third-order valence-corrected chi connectivity index (χ3v) is 7.20. The summed E-state index contributed by atoms with van der Waals surface area (Å²) < 4.78 is 6.52. The summed E-state index contributed by atoms with van der Waals surface area (Å²) in [7, 11) is 0. The number of benzene rings is 1. The van der Waals surface area contributed by atoms with Crippen LogP contribution < -0.4 is 4.74 Å². The predicted molar refractivity (Wildman–Crippen MR) is 88.2 cm³/mol. The normalized spacial score (nSPS) is 43.5. The van der Waals surface area contributed by atoms with E-state index in [1.165, 1.54) is 37.7 Å². The predicted octanol–water partition coefficient (Wildman–Crippen LogP) is 4.94. The van der Waals surface area contributed by atoms with Crippen molar-refractivity contribution in [2.45, 2.75) is 64.9 Å². The SMILES string of the molecule is CC1CCCC2(C)C1CCC1(C)Oc3ccc(O)cc3CC12. The van der Waals surface area contributed by atoms with Crippen LogP contribution in [0.3, 0.4) is 0 Å². The Morgan fingerprint density at radius 2 is 2.00 bits per heavy atom. The molecule has 2 aliphatic carbocycles. The van der Waals surface area contributed by atoms with Crippen LogP contribution in [-0.2, 0) is 6.42 Å². The molecule has 2 saturated carbocycles. The van der Waals surface area contributed by atoms with Gasteiger partial charge in [-0.2, -0.15) is 0 Å². The van der Waals surface area contributed by atoms with E-state index in [0.29, 0.717) is 17.1 Å². The first-order chi connectivity index (χ1) is 10.4. The minimum atomic E-state index is -0.0354. The van der Waals surface area contributed by atoms with E-state index in [0.717, 1.165) is 24.0 Å². The van der Waals surface area contributed by atoms with Crippen LogP contribution in [0.5, 0.6) is 11.5 Å². The van der Waals surface area contributed by atoms with Crippen LogP contribution in [0.1, 0.15) is 58.4 Å². The Morgan fingerprint density at radius 3 is 2.82 bits per heavy atom. The lowest BCUT2D eigenvalue weighted by Gasteiger charge is -2.60. The van der Waals surface area contributed by atoms with Crippen molar-refractivity contribution in [3.63, 3.8) is 0 Å². The van der Waals surface area contributed by atoms with E-state index in [4.69, 9.17) is 4.74 Å². The molecule has 0 amide bonds. The fraction of sp³-hybridized carbons (Fsp3) is 0.700. The second kappa shape index (κ2) is 4.66. The van der Waals surface area contributed by atoms with Crippen molar-refractivity contribution < 1.29 is 9.84 Å². The summed E-state index contributed by atoms with van der Waals surface area (Å²) in [4.78, 5) is 0. The average molecular weight is 300 g/mol. The largest absolute Gasteiger partial charge is 0.508 e. The standard InChI is InChI=1S/C20H28O2/c1-13-5-4-9-19(2)16(13)8-10-20(3)18(19)12-14-11-15(21)6-7-17(14)22-20/h6-7,11,13,16,18,21H,4-5,8-10,12H2,1-3H3. The van der Waals surface area contributed by atoms with E-state index >= 15 is 0 Å². The smallest absolute Gasteiger partial charge is 0.123 e. The van der Waals surface area contributed by atoms with Crippen molar-refractivity contribution in [3.05, 3.63) is 23.8 Å². The third-order valence-electron chi connectivity index (χ3n) is 7.20. The highest BCUT2D eigenvalue weighted by molar-refractivity contribution is 5.42. The van der Waals surface area contributed by atoms with Gasteiger partial charge in [-0.3, -0.25) is 0 Å². The van der Waals surface area contributed by atoms with Crippen LogP contribution in [0.4, 0.5) is 0 Å². The Bertz CT molecular complexity index is 595. The number of ether oxygens (including phenoxy) is 1. The molecule has 3 aliphatic rings. The zero-order valence-corrected chi connectivity index (χ0v) is 14.1. The molecule has 0 radical (unpaired) electrons. The summed E-state index contributed by atoms with van der Waals surface area (Å²) >= 11 is 0. The van der Waals surface area contributed by atoms with Gasteiger partial charge in [-0.1, -0.05) is 26.7 Å². The van der Waals surface area contributed by atoms with Crippen molar-refractivity contribution in [2.75, 3.05) is 0 Å². The highest BCUT2D eigenvalue weighted by atomic mass is 16.5. The van der Waals surface area contributed by atoms with E-state index in [-0.39, 0.29) is 5.60 Å². The van der Waals surface area contributed by atoms with Gasteiger partial charge in [-0.05, 0) is 73.6 Å². The Kier molecular flexibility index (Phi) is 3.05. The fourth-order valence-electron chi connectivity index (χ4n) is 6.07. The monoisotopic (exact) mass is 300 g/mol. The molecule has 0 bridgehead atoms. The van der Waals surface area contributed by atoms with Crippen LogP contribution in [0.15, 0.2) is 18.2 Å². The highest BCUT2D eigenvalue weighted by Crippen LogP contribution is 2.61. The van der Waals surface area contributed by atoms with Crippen molar-refractivity contribution in [3.8, 4) is 11.5 Å². The topological polar surface area (TPSA) is 29.5 Å². The van der Waals surface area contributed by atoms with E-state index in [1.807, 2.05) is 12.1 Å². The van der Waals surface area contributed by atoms with Gasteiger partial charge in [0, 0.05) is 5.92 Å². The molecule has 2 fully saturated rings. The van der Waals surface area contributed by atoms with Crippen molar-refractivity contribution in [2.24, 2.45) is 23.2 Å². The maximum absolute atomic E-state index is 9.83. The average Bonchev–Trinajstić information content (AvgIpc) is 2.46. The maximum Gasteiger partial charge on any atom is 0.123 e. The fourth-order valence-corrected chi connectivity index (χ4v) is 6.07. The molecule has 1 N–H and O–H groups in total. The zero-order valence-electron chi connectivity index (χ0n) is 14.1. The molecule has 1 aliphatic heterocycles. The first-order valence-corrected chi connectivity index (χ1v) is 8.93. The molecule has 0 spiro atoms. The Morgan fingerprint density at radius 1 is 1.18 bits per heavy atom. The lowest BCUT2D eigenvalue weighted by molar-refractivity contribution is -0.143. The molecule has 0 saturated heterocycles. The van der Waals surface area contributed by atoms with E-state index in [2.05, 4.69) is 20.8 Å². The van der Waals surface area contributed by atoms with Gasteiger partial charge >= 0.3 is 0 Å². The lowest BCUT2D eigenvalue weighted by Crippen LogP contribution is -2.59. The minimum Gasteiger partial charge on any atom is -0.508 e. The molecular formula is C20H28O2. The van der Waals surface area contributed by atoms with Crippen LogP contribution in [0.25, 0.3) is 0 Å². The third kappa shape index (κ3) is 1.92. The minimum absolute atomic E-state index is 0.0354. The molecule has 1 aromatic rings. The van der Waals surface area contributed by atoms with Crippen molar-refractivity contribution >= 4 is 0 Å². The Balaban J connectivity index is 1.76. The lowest BCUT2D eigenvalue weighted by atomic mass is 9.48. The van der Waals surface area contributed by atoms with Gasteiger partial charge in [0.2, 0.25) is 0 Å². The Labute approximate surface area is 133 Å². The molecule has 4 rings (SSSR count). The first kappa shape index (κ1) is 14.4. The van der Waals surface area contributed by atoms with Crippen LogP contribution in [0, 0.1) is 23.2 Å². The molecule has 22 heavy (non-hydrogen) atoms. The molecular weight excluding hydrogens is 272 g/mol. The molecule has 0 aromatic heterocycles. The van der Waals surface area contributed by atoms with Crippen LogP contribution >= 0.6 is 0 Å². The summed E-state index contributed by atoms with van der Waals surface area (Å²) in [6, 6.07) is 5.61. The number of hydrogen-bond acceptors (Lipinski definition) is 2. The van der Waals surface area contributed by atoms with Crippen molar-refractivity contribution in [1.82, 2.24) is 0 Å². The van der Waals surface area contributed by atoms with Crippen molar-refractivity contribution in [1.29, 1.82) is 0 Å². The summed E-state index contributed by atoms with van der Waals surface area (Å²) in [5, 5.41) is 9.83. The number of hydrogen-bond donors (Lipinski definition) is 1. The quantitative estimate of drug-likeness (QED) is 0.735. The van der Waals surface area contributed by atoms with Crippen LogP contribution in [0.2, 0.25) is 0 Å². The molecule has 5 unspecified atom stereocenters. The summed E-state index contributed by atoms with van der Waals surface area (Å²) in [6.45, 7) is 7.30. The van der Waals surface area contributed by atoms with Gasteiger partial charge in [-0.25, -0.2) is 0 Å². The Hall–Kier alpha value is -1.18. The van der Waals surface area contributed by atoms with Crippen LogP contribution in [-0.4, -0.2) is 10.7 Å². The summed E-state index contributed by atoms with van der Waals surface area (Å²) in [5.74, 6) is 3.59. The molecule has 1 heterocycles. The van der Waals surface area contributed by atoms with Gasteiger partial charge in [-0.15, -0.1) is 0 Å². The second-order valence-corrected chi connectivity index (χ2v) is 8.48. The molecule has 2 heteroatoms. The van der Waals surface area contributed by atoms with E-state index in [1.54, 1.807) is 6.07 Å². The van der Waals surface area contributed by atoms with E-state index < -0.39 is 0 Å². The first-order valence-electron chi connectivity index (χ1n) is 8.93. The maximum atomic E-state index is 9.83. The number of fused-ring (bicyclic) bond motifs is 4. The van der Waals surface area contributed by atoms with Gasteiger partial charge in [0.15, 0.2) is 0 Å². The molecule has 5 atom stereocenters. The van der Waals surface area contributed by atoms with Gasteiger partial charge in [0.1, 0.15) is 17.1 Å². The summed E-state index contributed by atoms with van der Waals surface area (Å²) in [5.41, 5.74) is 1.54.